The number of carboxylic acids is 1. The number of hydrogen-bond donors (Lipinski definition) is 1. The Bertz CT molecular complexity index is 318. The molecular weight excluding hydrogens is 184 g/mol. The van der Waals surface area contributed by atoms with Crippen molar-refractivity contribution in [2.24, 2.45) is 0 Å². The van der Waals surface area contributed by atoms with Crippen molar-refractivity contribution in [3.63, 3.8) is 0 Å². The number of rotatable bonds is 3. The molecule has 0 saturated carbocycles. The summed E-state index contributed by atoms with van der Waals surface area (Å²) in [5.41, 5.74) is 1.01. The zero-order chi connectivity index (χ0) is 10.4. The van der Waals surface area contributed by atoms with Gasteiger partial charge in [-0.25, -0.2) is 9.59 Å². The minimum Gasteiger partial charge on any atom is -0.473 e. The molecule has 1 aromatic rings. The highest BCUT2D eigenvalue weighted by Gasteiger charge is 2.11. The maximum absolute atomic E-state index is 10.5. The highest BCUT2D eigenvalue weighted by atomic mass is 16.6. The van der Waals surface area contributed by atoms with Gasteiger partial charge >= 0.3 is 11.9 Å². The van der Waals surface area contributed by atoms with E-state index in [1.165, 1.54) is 0 Å². The second kappa shape index (κ2) is 5.01. The fraction of sp³-hybridized carbons (Fsp3) is 0.200. The predicted molar refractivity (Wildman–Crippen MR) is 48.7 cm³/mol. The van der Waals surface area contributed by atoms with Gasteiger partial charge in [0.1, 0.15) is 0 Å². The van der Waals surface area contributed by atoms with E-state index < -0.39 is 11.9 Å². The number of hydrogen-bond acceptors (Lipinski definition) is 3. The molecule has 1 rings (SSSR count). The van der Waals surface area contributed by atoms with Crippen LogP contribution in [-0.4, -0.2) is 23.7 Å². The lowest BCUT2D eigenvalue weighted by Crippen LogP contribution is -2.17. The van der Waals surface area contributed by atoms with Crippen molar-refractivity contribution in [1.82, 2.24) is 0 Å². The van der Waals surface area contributed by atoms with Crippen LogP contribution in [0.5, 0.6) is 0 Å². The van der Waals surface area contributed by atoms with Gasteiger partial charge in [0.05, 0.1) is 6.61 Å². The molecule has 0 aliphatic rings. The van der Waals surface area contributed by atoms with Crippen molar-refractivity contribution in [3.05, 3.63) is 35.9 Å². The Kier molecular flexibility index (Phi) is 3.67. The number of benzene rings is 1. The molecule has 0 atom stereocenters. The van der Waals surface area contributed by atoms with Gasteiger partial charge < -0.3 is 9.84 Å². The first-order chi connectivity index (χ1) is 6.70. The van der Waals surface area contributed by atoms with Crippen LogP contribution >= 0.6 is 0 Å². The summed E-state index contributed by atoms with van der Waals surface area (Å²) in [7, 11) is 0. The number of esters is 1. The van der Waals surface area contributed by atoms with Gasteiger partial charge in [-0.15, -0.1) is 0 Å². The Balaban J connectivity index is 2.29. The molecular formula is C10H10O4. The summed E-state index contributed by atoms with van der Waals surface area (Å²) in [5.74, 6) is -2.76. The van der Waals surface area contributed by atoms with Gasteiger partial charge in [-0.3, -0.25) is 0 Å². The Morgan fingerprint density at radius 2 is 1.86 bits per heavy atom. The van der Waals surface area contributed by atoms with Gasteiger partial charge in [-0.1, -0.05) is 30.3 Å². The van der Waals surface area contributed by atoms with E-state index in [1.54, 1.807) is 0 Å². The van der Waals surface area contributed by atoms with Gasteiger partial charge in [0.25, 0.3) is 0 Å². The molecule has 0 amide bonds. The minimum atomic E-state index is -1.56. The zero-order valence-corrected chi connectivity index (χ0v) is 7.47. The first-order valence-electron chi connectivity index (χ1n) is 4.14. The van der Waals surface area contributed by atoms with E-state index in [2.05, 4.69) is 4.74 Å². The molecule has 0 saturated heterocycles. The third-order valence-electron chi connectivity index (χ3n) is 1.64. The molecule has 4 heteroatoms. The van der Waals surface area contributed by atoms with Crippen LogP contribution in [0.15, 0.2) is 30.3 Å². The monoisotopic (exact) mass is 194 g/mol. The SMILES string of the molecule is O=C(O)C(=O)OCCc1ccccc1. The van der Waals surface area contributed by atoms with Gasteiger partial charge in [-0.2, -0.15) is 0 Å². The Labute approximate surface area is 81.1 Å². The van der Waals surface area contributed by atoms with Crippen LogP contribution in [0.3, 0.4) is 0 Å². The average Bonchev–Trinajstić information content (AvgIpc) is 2.19. The van der Waals surface area contributed by atoms with Gasteiger partial charge in [-0.05, 0) is 5.56 Å². The second-order valence-electron chi connectivity index (χ2n) is 2.68. The molecule has 74 valence electrons. The van der Waals surface area contributed by atoms with E-state index >= 15 is 0 Å². The van der Waals surface area contributed by atoms with Crippen LogP contribution in [0.25, 0.3) is 0 Å². The van der Waals surface area contributed by atoms with Gasteiger partial charge in [0, 0.05) is 6.42 Å². The Morgan fingerprint density at radius 3 is 2.43 bits per heavy atom. The number of carboxylic acid groups (broad SMARTS) is 1. The third-order valence-corrected chi connectivity index (χ3v) is 1.64. The van der Waals surface area contributed by atoms with Gasteiger partial charge in [0.2, 0.25) is 0 Å². The minimum absolute atomic E-state index is 0.0924. The fourth-order valence-electron chi connectivity index (χ4n) is 0.968. The summed E-state index contributed by atoms with van der Waals surface area (Å²) in [5, 5.41) is 8.20. The van der Waals surface area contributed by atoms with E-state index in [0.29, 0.717) is 6.42 Å². The van der Waals surface area contributed by atoms with Crippen LogP contribution < -0.4 is 0 Å². The summed E-state index contributed by atoms with van der Waals surface area (Å²) < 4.78 is 4.47. The molecule has 0 aliphatic carbocycles. The zero-order valence-electron chi connectivity index (χ0n) is 7.47. The average molecular weight is 194 g/mol. The summed E-state index contributed by atoms with van der Waals surface area (Å²) >= 11 is 0. The number of ether oxygens (including phenoxy) is 1. The molecule has 0 bridgehead atoms. The molecule has 1 N–H and O–H groups in total. The molecule has 0 aromatic heterocycles. The molecule has 0 radical (unpaired) electrons. The van der Waals surface area contributed by atoms with Crippen molar-refractivity contribution >= 4 is 11.9 Å². The smallest absolute Gasteiger partial charge is 0.417 e. The standard InChI is InChI=1S/C10H10O4/c11-9(12)10(13)14-7-6-8-4-2-1-3-5-8/h1-5H,6-7H2,(H,11,12). The fourth-order valence-corrected chi connectivity index (χ4v) is 0.968. The van der Waals surface area contributed by atoms with Crippen LogP contribution in [0.1, 0.15) is 5.56 Å². The number of carbonyl (C=O) groups excluding carboxylic acids is 1. The first-order valence-corrected chi connectivity index (χ1v) is 4.14. The summed E-state index contributed by atoms with van der Waals surface area (Å²) in [6.45, 7) is 0.0924. The molecule has 14 heavy (non-hydrogen) atoms. The van der Waals surface area contributed by atoms with E-state index in [-0.39, 0.29) is 6.61 Å². The van der Waals surface area contributed by atoms with Crippen molar-refractivity contribution in [3.8, 4) is 0 Å². The summed E-state index contributed by atoms with van der Waals surface area (Å²) in [6, 6.07) is 9.39. The van der Waals surface area contributed by atoms with Crippen molar-refractivity contribution < 1.29 is 19.4 Å². The quantitative estimate of drug-likeness (QED) is 0.572. The third kappa shape index (κ3) is 3.26. The maximum Gasteiger partial charge on any atom is 0.417 e. The predicted octanol–water partition coefficient (Wildman–Crippen LogP) is 0.857. The van der Waals surface area contributed by atoms with E-state index in [4.69, 9.17) is 5.11 Å². The molecule has 0 fully saturated rings. The molecule has 0 heterocycles. The lowest BCUT2D eigenvalue weighted by Gasteiger charge is -2.01. The summed E-state index contributed by atoms with van der Waals surface area (Å²) in [6.07, 6.45) is 0.528. The number of carbonyl (C=O) groups is 2. The van der Waals surface area contributed by atoms with Crippen LogP contribution in [0, 0.1) is 0 Å². The largest absolute Gasteiger partial charge is 0.473 e. The first kappa shape index (κ1) is 10.2. The van der Waals surface area contributed by atoms with E-state index in [0.717, 1.165) is 5.56 Å². The van der Waals surface area contributed by atoms with Crippen molar-refractivity contribution in [2.45, 2.75) is 6.42 Å². The molecule has 0 unspecified atom stereocenters. The lowest BCUT2D eigenvalue weighted by molar-refractivity contribution is -0.163. The van der Waals surface area contributed by atoms with Crippen LogP contribution in [0.4, 0.5) is 0 Å². The summed E-state index contributed by atoms with van der Waals surface area (Å²) in [4.78, 5) is 20.6. The van der Waals surface area contributed by atoms with Crippen LogP contribution in [-0.2, 0) is 20.7 Å². The highest BCUT2D eigenvalue weighted by molar-refractivity contribution is 6.28. The van der Waals surface area contributed by atoms with E-state index in [1.807, 2.05) is 30.3 Å². The molecule has 0 aliphatic heterocycles. The Hall–Kier alpha value is -1.84. The maximum atomic E-state index is 10.5. The highest BCUT2D eigenvalue weighted by Crippen LogP contribution is 1.99. The van der Waals surface area contributed by atoms with Crippen LogP contribution in [0.2, 0.25) is 0 Å². The normalized spacial score (nSPS) is 9.43. The van der Waals surface area contributed by atoms with E-state index in [9.17, 15) is 9.59 Å². The molecule has 0 spiro atoms. The molecule has 4 nitrogen and oxygen atoms in total. The second-order valence-corrected chi connectivity index (χ2v) is 2.68. The topological polar surface area (TPSA) is 63.6 Å². The lowest BCUT2D eigenvalue weighted by atomic mass is 10.2. The number of aliphatic carboxylic acids is 1. The van der Waals surface area contributed by atoms with Crippen molar-refractivity contribution in [1.29, 1.82) is 0 Å². The van der Waals surface area contributed by atoms with Crippen molar-refractivity contribution in [2.75, 3.05) is 6.61 Å². The molecule has 1 aromatic carbocycles. The van der Waals surface area contributed by atoms with Gasteiger partial charge in [0.15, 0.2) is 0 Å². The Morgan fingerprint density at radius 1 is 1.21 bits per heavy atom.